The Bertz CT molecular complexity index is 1030. The van der Waals surface area contributed by atoms with Gasteiger partial charge in [0.25, 0.3) is 5.91 Å². The van der Waals surface area contributed by atoms with Gasteiger partial charge in [0, 0.05) is 30.6 Å². The van der Waals surface area contributed by atoms with Crippen LogP contribution in [0.25, 0.3) is 23.2 Å². The fourth-order valence-corrected chi connectivity index (χ4v) is 2.52. The Morgan fingerprint density at radius 2 is 2.00 bits per heavy atom. The van der Waals surface area contributed by atoms with E-state index in [-0.39, 0.29) is 17.0 Å². The van der Waals surface area contributed by atoms with Crippen LogP contribution in [0.5, 0.6) is 0 Å². The molecular weight excluding hydrogens is 361 g/mol. The van der Waals surface area contributed by atoms with Gasteiger partial charge in [-0.3, -0.25) is 9.48 Å². The quantitative estimate of drug-likeness (QED) is 0.708. The van der Waals surface area contributed by atoms with E-state index in [9.17, 15) is 18.0 Å². The highest BCUT2D eigenvalue weighted by atomic mass is 19.4. The predicted octanol–water partition coefficient (Wildman–Crippen LogP) is 2.49. The largest absolute Gasteiger partial charge is 0.416 e. The Hall–Kier alpha value is -3.43. The van der Waals surface area contributed by atoms with Crippen molar-refractivity contribution in [2.45, 2.75) is 13.1 Å². The van der Waals surface area contributed by atoms with Gasteiger partial charge in [-0.05, 0) is 30.7 Å². The van der Waals surface area contributed by atoms with Crippen molar-refractivity contribution in [2.75, 3.05) is 0 Å². The van der Waals surface area contributed by atoms with Gasteiger partial charge in [-0.1, -0.05) is 0 Å². The molecule has 3 rings (SSSR count). The summed E-state index contributed by atoms with van der Waals surface area (Å²) >= 11 is 0. The molecule has 2 N–H and O–H groups in total. The molecule has 0 saturated heterocycles. The van der Waals surface area contributed by atoms with Crippen LogP contribution in [-0.2, 0) is 18.0 Å². The zero-order valence-electron chi connectivity index (χ0n) is 14.4. The van der Waals surface area contributed by atoms with Gasteiger partial charge in [-0.15, -0.1) is 5.10 Å². The normalized spacial score (nSPS) is 12.4. The zero-order chi connectivity index (χ0) is 19.8. The molecule has 0 unspecified atom stereocenters. The van der Waals surface area contributed by atoms with Crippen LogP contribution in [0.15, 0.2) is 36.9 Å². The monoisotopic (exact) mass is 376 g/mol. The Morgan fingerprint density at radius 3 is 2.59 bits per heavy atom. The molecule has 0 spiro atoms. The molecule has 10 heteroatoms. The first kappa shape index (κ1) is 18.4. The standard InChI is InChI=1S/C17H15F3N6O/c1-10-3-11(5-13(4-10)17(18,19)20)16-22-9-26(24-16)8-14(15(21)27)12-6-23-25(2)7-12/h3-9H,1-2H3,(H2,21,27). The number of amides is 1. The van der Waals surface area contributed by atoms with Crippen molar-refractivity contribution in [1.29, 1.82) is 0 Å². The van der Waals surface area contributed by atoms with Crippen LogP contribution < -0.4 is 5.73 Å². The number of rotatable bonds is 4. The summed E-state index contributed by atoms with van der Waals surface area (Å²) in [5.41, 5.74) is 5.89. The lowest BCUT2D eigenvalue weighted by Gasteiger charge is -2.09. The van der Waals surface area contributed by atoms with Crippen LogP contribution in [-0.4, -0.2) is 30.5 Å². The van der Waals surface area contributed by atoms with Gasteiger partial charge in [-0.25, -0.2) is 9.67 Å². The number of aryl methyl sites for hydroxylation is 2. The zero-order valence-corrected chi connectivity index (χ0v) is 14.4. The van der Waals surface area contributed by atoms with Gasteiger partial charge >= 0.3 is 6.18 Å². The van der Waals surface area contributed by atoms with E-state index in [0.29, 0.717) is 11.1 Å². The van der Waals surface area contributed by atoms with Crippen LogP contribution in [0.3, 0.4) is 0 Å². The van der Waals surface area contributed by atoms with E-state index in [1.54, 1.807) is 26.2 Å². The number of nitrogens with zero attached hydrogens (tertiary/aromatic N) is 5. The van der Waals surface area contributed by atoms with Crippen LogP contribution in [0, 0.1) is 6.92 Å². The van der Waals surface area contributed by atoms with Gasteiger partial charge in [0.1, 0.15) is 6.33 Å². The number of hydrogen-bond acceptors (Lipinski definition) is 4. The molecule has 0 aliphatic heterocycles. The highest BCUT2D eigenvalue weighted by molar-refractivity contribution is 6.22. The minimum Gasteiger partial charge on any atom is -0.366 e. The van der Waals surface area contributed by atoms with E-state index in [0.717, 1.165) is 12.1 Å². The first-order valence-electron chi connectivity index (χ1n) is 7.74. The third-order valence-corrected chi connectivity index (χ3v) is 3.71. The van der Waals surface area contributed by atoms with Crippen molar-refractivity contribution in [3.05, 3.63) is 53.6 Å². The van der Waals surface area contributed by atoms with Crippen LogP contribution in [0.2, 0.25) is 0 Å². The van der Waals surface area contributed by atoms with Crippen molar-refractivity contribution in [3.63, 3.8) is 0 Å². The maximum absolute atomic E-state index is 13.0. The summed E-state index contributed by atoms with van der Waals surface area (Å²) in [7, 11) is 1.69. The molecular formula is C17H15F3N6O. The Balaban J connectivity index is 1.99. The molecule has 7 nitrogen and oxygen atoms in total. The maximum Gasteiger partial charge on any atom is 0.416 e. The topological polar surface area (TPSA) is 91.6 Å². The summed E-state index contributed by atoms with van der Waals surface area (Å²) in [6.45, 7) is 1.56. The SMILES string of the molecule is Cc1cc(-c2ncn(C=C(C(N)=O)c3cnn(C)c3)n2)cc(C(F)(F)F)c1. The highest BCUT2D eigenvalue weighted by Crippen LogP contribution is 2.32. The summed E-state index contributed by atoms with van der Waals surface area (Å²) < 4.78 is 41.7. The molecule has 0 aliphatic rings. The molecule has 0 bridgehead atoms. The number of aromatic nitrogens is 5. The number of carbonyl (C=O) groups excluding carboxylic acids is 1. The molecule has 0 fully saturated rings. The first-order valence-corrected chi connectivity index (χ1v) is 7.74. The lowest BCUT2D eigenvalue weighted by atomic mass is 10.1. The smallest absolute Gasteiger partial charge is 0.366 e. The van der Waals surface area contributed by atoms with Crippen molar-refractivity contribution in [2.24, 2.45) is 12.8 Å². The lowest BCUT2D eigenvalue weighted by molar-refractivity contribution is -0.137. The number of halogens is 3. The van der Waals surface area contributed by atoms with Gasteiger partial charge < -0.3 is 5.73 Å². The van der Waals surface area contributed by atoms with Gasteiger partial charge in [0.05, 0.1) is 17.3 Å². The minimum atomic E-state index is -4.47. The minimum absolute atomic E-state index is 0.0930. The molecule has 1 amide bonds. The number of hydrogen-bond donors (Lipinski definition) is 1. The number of alkyl halides is 3. The van der Waals surface area contributed by atoms with Crippen LogP contribution in [0.1, 0.15) is 16.7 Å². The van der Waals surface area contributed by atoms with Crippen LogP contribution in [0.4, 0.5) is 13.2 Å². The van der Waals surface area contributed by atoms with E-state index >= 15 is 0 Å². The predicted molar refractivity (Wildman–Crippen MR) is 91.8 cm³/mol. The van der Waals surface area contributed by atoms with E-state index in [1.165, 1.54) is 28.1 Å². The first-order chi connectivity index (χ1) is 12.6. The lowest BCUT2D eigenvalue weighted by Crippen LogP contribution is -2.13. The fourth-order valence-electron chi connectivity index (χ4n) is 2.52. The van der Waals surface area contributed by atoms with Crippen LogP contribution >= 0.6 is 0 Å². The average Bonchev–Trinajstić information content (AvgIpc) is 3.20. The van der Waals surface area contributed by atoms with Crippen molar-refractivity contribution >= 4 is 17.7 Å². The number of primary amides is 1. The number of carbonyl (C=O) groups is 1. The van der Waals surface area contributed by atoms with Gasteiger partial charge in [0.15, 0.2) is 5.82 Å². The second kappa shape index (κ2) is 6.71. The van der Waals surface area contributed by atoms with Crippen molar-refractivity contribution in [1.82, 2.24) is 24.5 Å². The molecule has 2 aromatic heterocycles. The summed E-state index contributed by atoms with van der Waals surface area (Å²) in [6, 6.07) is 3.58. The molecule has 0 radical (unpaired) electrons. The molecule has 140 valence electrons. The number of benzene rings is 1. The molecule has 1 aromatic carbocycles. The Morgan fingerprint density at radius 1 is 1.26 bits per heavy atom. The van der Waals surface area contributed by atoms with E-state index in [4.69, 9.17) is 5.73 Å². The fraction of sp³-hybridized carbons (Fsp3) is 0.176. The maximum atomic E-state index is 13.0. The summed E-state index contributed by atoms with van der Waals surface area (Å²) in [5.74, 6) is -0.606. The second-order valence-corrected chi connectivity index (χ2v) is 5.94. The summed E-state index contributed by atoms with van der Waals surface area (Å²) in [4.78, 5) is 15.7. The second-order valence-electron chi connectivity index (χ2n) is 5.94. The molecule has 0 atom stereocenters. The van der Waals surface area contributed by atoms with E-state index < -0.39 is 17.6 Å². The summed E-state index contributed by atoms with van der Waals surface area (Å²) in [5, 5.41) is 8.10. The molecule has 0 aliphatic carbocycles. The summed E-state index contributed by atoms with van der Waals surface area (Å²) in [6.07, 6.45) is 1.22. The van der Waals surface area contributed by atoms with Crippen molar-refractivity contribution in [3.8, 4) is 11.4 Å². The molecule has 0 saturated carbocycles. The van der Waals surface area contributed by atoms with Crippen molar-refractivity contribution < 1.29 is 18.0 Å². The number of nitrogens with two attached hydrogens (primary N) is 1. The van der Waals surface area contributed by atoms with Gasteiger partial charge in [-0.2, -0.15) is 18.3 Å². The Kier molecular flexibility index (Phi) is 4.56. The molecule has 27 heavy (non-hydrogen) atoms. The third kappa shape index (κ3) is 4.05. The van der Waals surface area contributed by atoms with E-state index in [1.807, 2.05) is 0 Å². The molecule has 3 aromatic rings. The highest BCUT2D eigenvalue weighted by Gasteiger charge is 2.31. The molecule has 2 heterocycles. The van der Waals surface area contributed by atoms with E-state index in [2.05, 4.69) is 15.2 Å². The van der Waals surface area contributed by atoms with Gasteiger partial charge in [0.2, 0.25) is 0 Å². The average molecular weight is 376 g/mol. The third-order valence-electron chi connectivity index (χ3n) is 3.71. The Labute approximate surface area is 151 Å².